The summed E-state index contributed by atoms with van der Waals surface area (Å²) in [6, 6.07) is 3.48. The Balaban J connectivity index is 1.51. The predicted molar refractivity (Wildman–Crippen MR) is 111 cm³/mol. The van der Waals surface area contributed by atoms with Gasteiger partial charge in [0.1, 0.15) is 5.60 Å². The molecule has 4 amide bonds. The van der Waals surface area contributed by atoms with E-state index in [0.29, 0.717) is 25.3 Å². The number of carbonyl (C=O) groups excluding carboxylic acids is 3. The molecule has 1 fully saturated rings. The summed E-state index contributed by atoms with van der Waals surface area (Å²) < 4.78 is 7.17. The Morgan fingerprint density at radius 2 is 1.97 bits per heavy atom. The lowest BCUT2D eigenvalue weighted by molar-refractivity contribution is -0.120. The zero-order chi connectivity index (χ0) is 21.5. The first kappa shape index (κ1) is 19.9. The smallest absolute Gasteiger partial charge is 0.410 e. The van der Waals surface area contributed by atoms with E-state index in [1.165, 1.54) is 4.90 Å². The maximum atomic E-state index is 12.2. The van der Waals surface area contributed by atoms with E-state index in [1.54, 1.807) is 15.6 Å². The molecule has 2 aliphatic rings. The third kappa shape index (κ3) is 4.00. The normalized spacial score (nSPS) is 17.8. The van der Waals surface area contributed by atoms with Crippen molar-refractivity contribution in [1.29, 1.82) is 0 Å². The Labute approximate surface area is 174 Å². The van der Waals surface area contributed by atoms with Crippen LogP contribution in [0.25, 0.3) is 11.1 Å². The van der Waals surface area contributed by atoms with Gasteiger partial charge < -0.3 is 9.64 Å². The molecule has 2 aromatic heterocycles. The van der Waals surface area contributed by atoms with E-state index < -0.39 is 11.6 Å². The summed E-state index contributed by atoms with van der Waals surface area (Å²) in [4.78, 5) is 39.0. The largest absolute Gasteiger partial charge is 0.444 e. The number of ether oxygens (including phenoxy) is 1. The minimum Gasteiger partial charge on any atom is -0.444 e. The molecule has 1 saturated heterocycles. The van der Waals surface area contributed by atoms with E-state index in [9.17, 15) is 14.4 Å². The van der Waals surface area contributed by atoms with Crippen LogP contribution in [-0.2, 0) is 9.53 Å². The number of rotatable bonds is 2. The molecule has 4 rings (SSSR count). The fourth-order valence-electron chi connectivity index (χ4n) is 3.59. The monoisotopic (exact) mass is 411 g/mol. The van der Waals surface area contributed by atoms with Crippen molar-refractivity contribution in [1.82, 2.24) is 19.8 Å². The number of fused-ring (bicyclic) bond motifs is 1. The van der Waals surface area contributed by atoms with Crippen molar-refractivity contribution in [2.75, 3.05) is 24.5 Å². The first-order chi connectivity index (χ1) is 14.2. The summed E-state index contributed by atoms with van der Waals surface area (Å²) in [5.41, 5.74) is 3.09. The maximum Gasteiger partial charge on any atom is 0.410 e. The van der Waals surface area contributed by atoms with Gasteiger partial charge in [-0.15, -0.1) is 0 Å². The van der Waals surface area contributed by atoms with Crippen LogP contribution in [0.5, 0.6) is 0 Å². The highest BCUT2D eigenvalue weighted by molar-refractivity contribution is 6.07. The number of imide groups is 1. The lowest BCUT2D eigenvalue weighted by Crippen LogP contribution is -2.49. The molecule has 2 aromatic rings. The first-order valence-electron chi connectivity index (χ1n) is 9.97. The highest BCUT2D eigenvalue weighted by atomic mass is 16.6. The first-order valence-corrected chi connectivity index (χ1v) is 9.97. The average Bonchev–Trinajstić information content (AvgIpc) is 3.10. The molecular weight excluding hydrogens is 386 g/mol. The molecule has 0 unspecified atom stereocenters. The van der Waals surface area contributed by atoms with Crippen molar-refractivity contribution in [3.8, 4) is 0 Å². The minimum absolute atomic E-state index is 0.264. The van der Waals surface area contributed by atoms with E-state index in [0.717, 1.165) is 23.1 Å². The van der Waals surface area contributed by atoms with Crippen LogP contribution in [0.2, 0.25) is 0 Å². The molecule has 1 N–H and O–H groups in total. The van der Waals surface area contributed by atoms with Crippen molar-refractivity contribution in [2.45, 2.75) is 39.2 Å². The van der Waals surface area contributed by atoms with E-state index in [1.807, 2.05) is 45.2 Å². The molecule has 0 saturated carbocycles. The van der Waals surface area contributed by atoms with Crippen molar-refractivity contribution in [2.24, 2.45) is 0 Å². The van der Waals surface area contributed by atoms with Crippen molar-refractivity contribution in [3.63, 3.8) is 0 Å². The van der Waals surface area contributed by atoms with E-state index in [-0.39, 0.29) is 18.4 Å². The van der Waals surface area contributed by atoms with Gasteiger partial charge in [0.05, 0.1) is 17.4 Å². The van der Waals surface area contributed by atoms with E-state index >= 15 is 0 Å². The lowest BCUT2D eigenvalue weighted by atomic mass is 10.0. The van der Waals surface area contributed by atoms with Crippen LogP contribution in [0, 0.1) is 0 Å². The van der Waals surface area contributed by atoms with Gasteiger partial charge >= 0.3 is 12.1 Å². The van der Waals surface area contributed by atoms with Gasteiger partial charge in [0, 0.05) is 32.3 Å². The van der Waals surface area contributed by atoms with Crippen molar-refractivity contribution >= 4 is 34.8 Å². The Kier molecular flexibility index (Phi) is 4.97. The molecule has 30 heavy (non-hydrogen) atoms. The third-order valence-electron chi connectivity index (χ3n) is 5.07. The number of carbonyl (C=O) groups is 3. The number of hydrogen-bond acceptors (Lipinski definition) is 5. The molecule has 2 aliphatic heterocycles. The predicted octanol–water partition coefficient (Wildman–Crippen LogP) is 2.80. The Morgan fingerprint density at radius 1 is 1.17 bits per heavy atom. The van der Waals surface area contributed by atoms with Crippen molar-refractivity contribution < 1.29 is 19.1 Å². The molecule has 0 aromatic carbocycles. The average molecular weight is 411 g/mol. The summed E-state index contributed by atoms with van der Waals surface area (Å²) in [5.74, 6) is -0.264. The maximum absolute atomic E-state index is 12.2. The number of pyridine rings is 1. The minimum atomic E-state index is -0.511. The second-order valence-corrected chi connectivity index (χ2v) is 8.44. The second-order valence-electron chi connectivity index (χ2n) is 8.44. The van der Waals surface area contributed by atoms with Crippen LogP contribution >= 0.6 is 0 Å². The molecule has 158 valence electrons. The van der Waals surface area contributed by atoms with Crippen LogP contribution in [0.3, 0.4) is 0 Å². The zero-order valence-electron chi connectivity index (χ0n) is 17.3. The van der Waals surface area contributed by atoms with Crippen LogP contribution in [0.1, 0.15) is 39.2 Å². The zero-order valence-corrected chi connectivity index (χ0v) is 17.3. The summed E-state index contributed by atoms with van der Waals surface area (Å²) in [6.07, 6.45) is 6.26. The summed E-state index contributed by atoms with van der Waals surface area (Å²) in [6.45, 7) is 6.98. The molecule has 0 bridgehead atoms. The van der Waals surface area contributed by atoms with Crippen LogP contribution in [-0.4, -0.2) is 57.8 Å². The van der Waals surface area contributed by atoms with Gasteiger partial charge in [0.15, 0.2) is 0 Å². The number of amides is 4. The van der Waals surface area contributed by atoms with E-state index in [4.69, 9.17) is 4.74 Å². The molecule has 9 nitrogen and oxygen atoms in total. The lowest BCUT2D eigenvalue weighted by Gasteiger charge is -2.29. The standard InChI is InChI=1S/C21H25N5O4/c1-21(2,3)30-20(29)24-9-6-14(7-10-24)15-4-5-16-17(12-22-26(16)13-15)25-11-8-18(27)23-19(25)28/h4-6,12-13H,7-11H2,1-3H3,(H,23,27,28). The molecular formula is C21H25N5O4. The Morgan fingerprint density at radius 3 is 2.63 bits per heavy atom. The Bertz CT molecular complexity index is 1050. The van der Waals surface area contributed by atoms with Crippen molar-refractivity contribution in [3.05, 3.63) is 36.2 Å². The van der Waals surface area contributed by atoms with Crippen LogP contribution in [0.15, 0.2) is 30.6 Å². The number of urea groups is 1. The number of anilines is 1. The molecule has 0 atom stereocenters. The van der Waals surface area contributed by atoms with Gasteiger partial charge in [-0.25, -0.2) is 14.1 Å². The highest BCUT2D eigenvalue weighted by Crippen LogP contribution is 2.28. The summed E-state index contributed by atoms with van der Waals surface area (Å²) >= 11 is 0. The highest BCUT2D eigenvalue weighted by Gasteiger charge is 2.27. The summed E-state index contributed by atoms with van der Waals surface area (Å²) in [5, 5.41) is 6.72. The Hall–Kier alpha value is -3.36. The van der Waals surface area contributed by atoms with Crippen LogP contribution in [0.4, 0.5) is 15.3 Å². The number of nitrogens with one attached hydrogen (secondary N) is 1. The van der Waals surface area contributed by atoms with Gasteiger partial charge in [-0.1, -0.05) is 12.1 Å². The number of nitrogens with zero attached hydrogens (tertiary/aromatic N) is 4. The molecule has 9 heteroatoms. The fourth-order valence-corrected chi connectivity index (χ4v) is 3.59. The van der Waals surface area contributed by atoms with Gasteiger partial charge in [-0.3, -0.25) is 15.0 Å². The second kappa shape index (κ2) is 7.47. The molecule has 0 spiro atoms. The topological polar surface area (TPSA) is 96.2 Å². The fraction of sp³-hybridized carbons (Fsp3) is 0.429. The number of hydrogen-bond donors (Lipinski definition) is 1. The van der Waals surface area contributed by atoms with E-state index in [2.05, 4.69) is 10.4 Å². The summed E-state index contributed by atoms with van der Waals surface area (Å²) in [7, 11) is 0. The van der Waals surface area contributed by atoms with Gasteiger partial charge in [0.2, 0.25) is 5.91 Å². The van der Waals surface area contributed by atoms with Crippen LogP contribution < -0.4 is 10.2 Å². The number of aromatic nitrogens is 2. The molecule has 0 aliphatic carbocycles. The molecule has 0 radical (unpaired) electrons. The SMILES string of the molecule is CC(C)(C)OC(=O)N1CC=C(c2ccc3c(N4CCC(=O)NC4=O)cnn3c2)CC1. The molecule has 4 heterocycles. The van der Waals surface area contributed by atoms with Gasteiger partial charge in [0.25, 0.3) is 0 Å². The van der Waals surface area contributed by atoms with Gasteiger partial charge in [-0.2, -0.15) is 5.10 Å². The quantitative estimate of drug-likeness (QED) is 0.820. The van der Waals surface area contributed by atoms with Gasteiger partial charge in [-0.05, 0) is 44.4 Å². The third-order valence-corrected chi connectivity index (χ3v) is 5.07.